The summed E-state index contributed by atoms with van der Waals surface area (Å²) in [6, 6.07) is 14.6. The Kier molecular flexibility index (Phi) is 4.09. The summed E-state index contributed by atoms with van der Waals surface area (Å²) in [4.78, 5) is 10.8. The number of piperazine rings is 1. The maximum atomic E-state index is 5.71. The third kappa shape index (κ3) is 3.07. The molecule has 25 heavy (non-hydrogen) atoms. The van der Waals surface area contributed by atoms with Gasteiger partial charge in [-0.25, -0.2) is 10.8 Å². The minimum atomic E-state index is 0.202. The highest BCUT2D eigenvalue weighted by molar-refractivity contribution is 5.93. The minimum absolute atomic E-state index is 0.202. The molecule has 4 rings (SSSR count). The lowest BCUT2D eigenvalue weighted by Gasteiger charge is -2.29. The Labute approximate surface area is 146 Å². The number of nitrogens with zero attached hydrogens (tertiary/aromatic N) is 3. The van der Waals surface area contributed by atoms with Gasteiger partial charge in [0.15, 0.2) is 5.82 Å². The Morgan fingerprint density at radius 2 is 1.68 bits per heavy atom. The van der Waals surface area contributed by atoms with E-state index < -0.39 is 0 Å². The van der Waals surface area contributed by atoms with E-state index in [0.29, 0.717) is 5.82 Å². The van der Waals surface area contributed by atoms with Crippen LogP contribution < -0.4 is 27.2 Å². The normalized spacial score (nSPS) is 14.7. The van der Waals surface area contributed by atoms with Gasteiger partial charge in [-0.2, -0.15) is 4.98 Å². The number of benzene rings is 2. The average Bonchev–Trinajstić information content (AvgIpc) is 2.68. The molecule has 1 saturated heterocycles. The standard InChI is InChI=1S/C18H21N7/c19-18-22-16-6-3-13(11-15(16)17(23-18)24-20)12-1-4-14(5-2-12)25-9-7-21-8-10-25/h1-6,11,21H,7-10,20H2,(H3,19,22,23,24). The van der Waals surface area contributed by atoms with Crippen LogP contribution in [0.25, 0.3) is 22.0 Å². The number of nitrogens with two attached hydrogens (primary N) is 2. The predicted octanol–water partition coefficient (Wildman–Crippen LogP) is 1.57. The molecule has 0 radical (unpaired) electrons. The molecule has 0 spiro atoms. The summed E-state index contributed by atoms with van der Waals surface area (Å²) >= 11 is 0. The van der Waals surface area contributed by atoms with Crippen molar-refractivity contribution < 1.29 is 0 Å². The highest BCUT2D eigenvalue weighted by Crippen LogP contribution is 2.29. The molecule has 1 fully saturated rings. The van der Waals surface area contributed by atoms with Crippen LogP contribution in [0.2, 0.25) is 0 Å². The van der Waals surface area contributed by atoms with Crippen LogP contribution in [0, 0.1) is 0 Å². The van der Waals surface area contributed by atoms with E-state index in [2.05, 4.69) is 49.9 Å². The van der Waals surface area contributed by atoms with Crippen molar-refractivity contribution >= 4 is 28.4 Å². The molecule has 2 aromatic carbocycles. The van der Waals surface area contributed by atoms with Gasteiger partial charge in [-0.15, -0.1) is 0 Å². The molecule has 0 unspecified atom stereocenters. The van der Waals surface area contributed by atoms with Gasteiger partial charge >= 0.3 is 0 Å². The van der Waals surface area contributed by atoms with Crippen molar-refractivity contribution in [1.82, 2.24) is 15.3 Å². The van der Waals surface area contributed by atoms with E-state index in [0.717, 1.165) is 48.2 Å². The number of hydrazine groups is 1. The molecule has 3 aromatic rings. The molecule has 1 aromatic heterocycles. The lowest BCUT2D eigenvalue weighted by Crippen LogP contribution is -2.43. The summed E-state index contributed by atoms with van der Waals surface area (Å²) in [7, 11) is 0. The Balaban J connectivity index is 1.68. The van der Waals surface area contributed by atoms with Crippen molar-refractivity contribution in [2.45, 2.75) is 0 Å². The molecule has 1 aliphatic rings. The molecular weight excluding hydrogens is 314 g/mol. The van der Waals surface area contributed by atoms with Crippen LogP contribution in [0.5, 0.6) is 0 Å². The van der Waals surface area contributed by atoms with E-state index in [1.165, 1.54) is 5.69 Å². The largest absolute Gasteiger partial charge is 0.369 e. The van der Waals surface area contributed by atoms with Crippen LogP contribution in [0.4, 0.5) is 17.5 Å². The topological polar surface area (TPSA) is 105 Å². The number of aromatic nitrogens is 2. The molecular formula is C18H21N7. The monoisotopic (exact) mass is 335 g/mol. The number of anilines is 3. The molecule has 0 amide bonds. The summed E-state index contributed by atoms with van der Waals surface area (Å²) in [5, 5.41) is 4.22. The Morgan fingerprint density at radius 3 is 2.40 bits per heavy atom. The van der Waals surface area contributed by atoms with Crippen molar-refractivity contribution in [3.05, 3.63) is 42.5 Å². The number of hydrogen-bond donors (Lipinski definition) is 4. The van der Waals surface area contributed by atoms with Gasteiger partial charge in [0.25, 0.3) is 0 Å². The molecule has 1 aliphatic heterocycles. The zero-order valence-electron chi connectivity index (χ0n) is 13.9. The quantitative estimate of drug-likeness (QED) is 0.425. The van der Waals surface area contributed by atoms with Crippen molar-refractivity contribution in [2.75, 3.05) is 42.2 Å². The molecule has 7 nitrogen and oxygen atoms in total. The van der Waals surface area contributed by atoms with Crippen molar-refractivity contribution in [3.63, 3.8) is 0 Å². The lowest BCUT2D eigenvalue weighted by molar-refractivity contribution is 0.589. The fourth-order valence-corrected chi connectivity index (χ4v) is 3.22. The second kappa shape index (κ2) is 6.54. The number of rotatable bonds is 3. The van der Waals surface area contributed by atoms with Gasteiger partial charge in [0.05, 0.1) is 5.52 Å². The van der Waals surface area contributed by atoms with Crippen LogP contribution in [-0.4, -0.2) is 36.1 Å². The first-order valence-corrected chi connectivity index (χ1v) is 8.34. The fraction of sp³-hybridized carbons (Fsp3) is 0.222. The number of nitrogen functional groups attached to an aromatic ring is 2. The zero-order valence-corrected chi connectivity index (χ0v) is 13.9. The number of nitrogens with one attached hydrogen (secondary N) is 2. The summed E-state index contributed by atoms with van der Waals surface area (Å²) < 4.78 is 0. The SMILES string of the molecule is NNc1nc(N)nc2ccc(-c3ccc(N4CCNCC4)cc3)cc12. The maximum absolute atomic E-state index is 5.71. The minimum Gasteiger partial charge on any atom is -0.369 e. The summed E-state index contributed by atoms with van der Waals surface area (Å²) in [6.45, 7) is 4.15. The smallest absolute Gasteiger partial charge is 0.222 e. The highest BCUT2D eigenvalue weighted by atomic mass is 15.3. The molecule has 128 valence electrons. The molecule has 0 aliphatic carbocycles. The van der Waals surface area contributed by atoms with Gasteiger partial charge in [0, 0.05) is 37.3 Å². The Morgan fingerprint density at radius 1 is 0.960 bits per heavy atom. The van der Waals surface area contributed by atoms with Crippen molar-refractivity contribution in [1.29, 1.82) is 0 Å². The highest BCUT2D eigenvalue weighted by Gasteiger charge is 2.11. The van der Waals surface area contributed by atoms with Gasteiger partial charge < -0.3 is 21.4 Å². The van der Waals surface area contributed by atoms with Gasteiger partial charge in [-0.1, -0.05) is 18.2 Å². The van der Waals surface area contributed by atoms with Crippen molar-refractivity contribution in [3.8, 4) is 11.1 Å². The van der Waals surface area contributed by atoms with Crippen LogP contribution in [-0.2, 0) is 0 Å². The summed E-state index contributed by atoms with van der Waals surface area (Å²) in [6.07, 6.45) is 0. The third-order valence-corrected chi connectivity index (χ3v) is 4.53. The van der Waals surface area contributed by atoms with Gasteiger partial charge in [-0.05, 0) is 35.4 Å². The number of fused-ring (bicyclic) bond motifs is 1. The van der Waals surface area contributed by atoms with E-state index in [1.54, 1.807) is 0 Å². The first-order chi connectivity index (χ1) is 12.2. The van der Waals surface area contributed by atoms with Gasteiger partial charge in [-0.3, -0.25) is 0 Å². The second-order valence-corrected chi connectivity index (χ2v) is 6.09. The molecule has 0 atom stereocenters. The molecule has 2 heterocycles. The van der Waals surface area contributed by atoms with E-state index >= 15 is 0 Å². The predicted molar refractivity (Wildman–Crippen MR) is 102 cm³/mol. The zero-order chi connectivity index (χ0) is 17.2. The van der Waals surface area contributed by atoms with Crippen LogP contribution in [0.15, 0.2) is 42.5 Å². The van der Waals surface area contributed by atoms with Crippen LogP contribution in [0.1, 0.15) is 0 Å². The van der Waals surface area contributed by atoms with E-state index in [4.69, 9.17) is 11.6 Å². The molecule has 0 bridgehead atoms. The van der Waals surface area contributed by atoms with Crippen molar-refractivity contribution in [2.24, 2.45) is 5.84 Å². The fourth-order valence-electron chi connectivity index (χ4n) is 3.22. The van der Waals surface area contributed by atoms with E-state index in [1.807, 2.05) is 18.2 Å². The molecule has 0 saturated carbocycles. The van der Waals surface area contributed by atoms with Crippen LogP contribution >= 0.6 is 0 Å². The van der Waals surface area contributed by atoms with E-state index in [9.17, 15) is 0 Å². The number of hydrogen-bond acceptors (Lipinski definition) is 7. The third-order valence-electron chi connectivity index (χ3n) is 4.53. The van der Waals surface area contributed by atoms with E-state index in [-0.39, 0.29) is 5.95 Å². The van der Waals surface area contributed by atoms with Gasteiger partial charge in [0.1, 0.15) is 0 Å². The summed E-state index contributed by atoms with van der Waals surface area (Å²) in [5.74, 6) is 6.30. The average molecular weight is 335 g/mol. The first kappa shape index (κ1) is 15.6. The molecule has 7 heteroatoms. The first-order valence-electron chi connectivity index (χ1n) is 8.34. The van der Waals surface area contributed by atoms with Gasteiger partial charge in [0.2, 0.25) is 5.95 Å². The Hall–Kier alpha value is -2.90. The Bertz CT molecular complexity index is 886. The molecule has 6 N–H and O–H groups in total. The van der Waals surface area contributed by atoms with Crippen LogP contribution in [0.3, 0.4) is 0 Å². The second-order valence-electron chi connectivity index (χ2n) is 6.09. The maximum Gasteiger partial charge on any atom is 0.222 e. The summed E-state index contributed by atoms with van der Waals surface area (Å²) in [5.41, 5.74) is 12.6. The lowest BCUT2D eigenvalue weighted by atomic mass is 10.0.